The lowest BCUT2D eigenvalue weighted by Crippen LogP contribution is -2.36. The topological polar surface area (TPSA) is 79.5 Å². The van der Waals surface area contributed by atoms with Gasteiger partial charge in [-0.15, -0.1) is 12.6 Å². The van der Waals surface area contributed by atoms with Crippen LogP contribution in [-0.2, 0) is 4.79 Å². The second-order valence-electron chi connectivity index (χ2n) is 7.04. The van der Waals surface area contributed by atoms with Crippen molar-refractivity contribution >= 4 is 30.0 Å². The molecular weight excluding hydrogens is 346 g/mol. The van der Waals surface area contributed by atoms with Crippen LogP contribution in [0, 0.1) is 12.8 Å². The summed E-state index contributed by atoms with van der Waals surface area (Å²) in [7, 11) is 0. The van der Waals surface area contributed by atoms with E-state index in [-0.39, 0.29) is 0 Å². The number of aliphatic carboxylic acids is 1. The van der Waals surface area contributed by atoms with E-state index in [4.69, 9.17) is 5.73 Å². The van der Waals surface area contributed by atoms with E-state index >= 15 is 0 Å². The van der Waals surface area contributed by atoms with Crippen LogP contribution in [0.1, 0.15) is 30.9 Å². The third-order valence-electron chi connectivity index (χ3n) is 5.24. The Kier molecular flexibility index (Phi) is 3.95. The van der Waals surface area contributed by atoms with Gasteiger partial charge in [0.15, 0.2) is 0 Å². The van der Waals surface area contributed by atoms with Crippen LogP contribution in [0.5, 0.6) is 0 Å². The smallest absolute Gasteiger partial charge is 0.334 e. The van der Waals surface area contributed by atoms with Gasteiger partial charge in [-0.25, -0.2) is 9.78 Å². The lowest BCUT2D eigenvalue weighted by atomic mass is 9.89. The number of nitrogens with zero attached hydrogens (tertiary/aromatic N) is 2. The second kappa shape index (κ2) is 6.06. The normalized spacial score (nSPS) is 22.5. The zero-order valence-corrected chi connectivity index (χ0v) is 15.6. The number of aryl methyl sites for hydroxylation is 1. The molecule has 5 nitrogen and oxygen atoms in total. The number of anilines is 1. The van der Waals surface area contributed by atoms with E-state index < -0.39 is 11.3 Å². The quantitative estimate of drug-likeness (QED) is 0.713. The van der Waals surface area contributed by atoms with Gasteiger partial charge in [-0.3, -0.25) is 0 Å². The molecule has 1 fully saturated rings. The fraction of sp³-hybridized carbons (Fsp3) is 0.300. The first-order valence-electron chi connectivity index (χ1n) is 8.66. The summed E-state index contributed by atoms with van der Waals surface area (Å²) < 4.78 is 0. The summed E-state index contributed by atoms with van der Waals surface area (Å²) in [6.45, 7) is 4.02. The molecule has 2 aliphatic heterocycles. The summed E-state index contributed by atoms with van der Waals surface area (Å²) in [5.41, 5.74) is 12.5. The molecule has 6 heteroatoms. The van der Waals surface area contributed by atoms with Gasteiger partial charge in [-0.1, -0.05) is 0 Å². The van der Waals surface area contributed by atoms with Gasteiger partial charge in [-0.05, 0) is 73.1 Å². The molecule has 0 radical (unpaired) electrons. The Morgan fingerprint density at radius 1 is 1.38 bits per heavy atom. The maximum atomic E-state index is 11.6. The molecule has 1 unspecified atom stereocenters. The van der Waals surface area contributed by atoms with Crippen LogP contribution in [0.15, 0.2) is 53.0 Å². The minimum absolute atomic E-state index is 0.324. The number of hydrogen-bond donors (Lipinski definition) is 3. The molecule has 3 aliphatic rings. The molecule has 1 atom stereocenters. The van der Waals surface area contributed by atoms with Crippen LogP contribution in [0.3, 0.4) is 0 Å². The Morgan fingerprint density at radius 2 is 2.12 bits per heavy atom. The maximum Gasteiger partial charge on any atom is 0.334 e. The van der Waals surface area contributed by atoms with Crippen molar-refractivity contribution in [3.63, 3.8) is 0 Å². The van der Waals surface area contributed by atoms with Crippen LogP contribution in [0.2, 0.25) is 0 Å². The number of aromatic nitrogens is 1. The fourth-order valence-corrected chi connectivity index (χ4v) is 4.01. The molecule has 3 N–H and O–H groups in total. The number of pyridine rings is 1. The molecule has 1 aromatic rings. The van der Waals surface area contributed by atoms with E-state index in [1.807, 2.05) is 36.2 Å². The van der Waals surface area contributed by atoms with Crippen molar-refractivity contribution in [2.24, 2.45) is 5.92 Å². The Labute approximate surface area is 158 Å². The molecule has 1 aromatic heterocycles. The zero-order valence-electron chi connectivity index (χ0n) is 14.7. The number of hydrogen-bond acceptors (Lipinski definition) is 5. The minimum Gasteiger partial charge on any atom is -0.478 e. The van der Waals surface area contributed by atoms with Gasteiger partial charge in [0.1, 0.15) is 11.2 Å². The molecule has 0 spiro atoms. The summed E-state index contributed by atoms with van der Waals surface area (Å²) in [6.07, 6.45) is 9.75. The number of nitrogens with two attached hydrogens (primary N) is 1. The molecule has 0 aromatic carbocycles. The van der Waals surface area contributed by atoms with E-state index in [0.717, 1.165) is 46.4 Å². The molecule has 0 bridgehead atoms. The molecule has 26 heavy (non-hydrogen) atoms. The van der Waals surface area contributed by atoms with E-state index in [1.54, 1.807) is 6.20 Å². The third kappa shape index (κ3) is 2.65. The van der Waals surface area contributed by atoms with Gasteiger partial charge in [0.2, 0.25) is 0 Å². The molecule has 0 saturated heterocycles. The summed E-state index contributed by atoms with van der Waals surface area (Å²) >= 11 is 4.57. The molecule has 1 aliphatic carbocycles. The Hall–Kier alpha value is -2.47. The summed E-state index contributed by atoms with van der Waals surface area (Å²) in [6, 6.07) is 2.04. The fourth-order valence-electron chi connectivity index (χ4n) is 3.63. The first-order valence-corrected chi connectivity index (χ1v) is 9.17. The Balaban J connectivity index is 1.89. The summed E-state index contributed by atoms with van der Waals surface area (Å²) in [5.74, 6) is 0.0477. The number of fused-ring (bicyclic) bond motifs is 1. The number of carboxylic acids is 1. The van der Waals surface area contributed by atoms with Crippen molar-refractivity contribution in [2.75, 3.05) is 5.73 Å². The predicted octanol–water partition coefficient (Wildman–Crippen LogP) is 3.52. The highest BCUT2D eigenvalue weighted by molar-refractivity contribution is 7.81. The van der Waals surface area contributed by atoms with Gasteiger partial charge in [0.05, 0.1) is 5.57 Å². The molecule has 1 saturated carbocycles. The van der Waals surface area contributed by atoms with Gasteiger partial charge < -0.3 is 15.7 Å². The number of carboxylic acid groups (broad SMARTS) is 1. The standard InChI is InChI=1S/C20H21N3O2S/c1-10-7-13(9-22-18(10)21)14-5-6-23-17(11(14)2)15(12-3-4-12)8-16(19(23)26)20(24)25/h5-9,12,19,26H,3-4H2,1-2H3,(H2,21,22)(H,24,25). The van der Waals surface area contributed by atoms with E-state index in [9.17, 15) is 9.90 Å². The molecule has 3 heterocycles. The zero-order chi connectivity index (χ0) is 18.6. The van der Waals surface area contributed by atoms with Crippen molar-refractivity contribution in [1.82, 2.24) is 9.88 Å². The number of carbonyl (C=O) groups is 1. The lowest BCUT2D eigenvalue weighted by molar-refractivity contribution is -0.133. The molecule has 4 rings (SSSR count). The molecule has 134 valence electrons. The predicted molar refractivity (Wildman–Crippen MR) is 105 cm³/mol. The summed E-state index contributed by atoms with van der Waals surface area (Å²) in [5, 5.41) is 9.05. The average Bonchev–Trinajstić information content (AvgIpc) is 3.43. The highest BCUT2D eigenvalue weighted by Gasteiger charge is 2.38. The largest absolute Gasteiger partial charge is 0.478 e. The number of rotatable bonds is 3. The first kappa shape index (κ1) is 17.0. The highest BCUT2D eigenvalue weighted by atomic mass is 32.1. The van der Waals surface area contributed by atoms with E-state index in [1.165, 1.54) is 0 Å². The molecular formula is C20H21N3O2S. The Morgan fingerprint density at radius 3 is 2.73 bits per heavy atom. The third-order valence-corrected chi connectivity index (χ3v) is 5.77. The van der Waals surface area contributed by atoms with Crippen molar-refractivity contribution in [3.8, 4) is 0 Å². The van der Waals surface area contributed by atoms with Crippen molar-refractivity contribution in [2.45, 2.75) is 32.1 Å². The van der Waals surface area contributed by atoms with E-state index in [0.29, 0.717) is 17.3 Å². The number of nitrogen functional groups attached to an aromatic ring is 1. The van der Waals surface area contributed by atoms with Crippen LogP contribution >= 0.6 is 12.6 Å². The Bertz CT molecular complexity index is 938. The highest BCUT2D eigenvalue weighted by Crippen LogP contribution is 2.47. The van der Waals surface area contributed by atoms with Crippen LogP contribution < -0.4 is 5.73 Å². The maximum absolute atomic E-state index is 11.6. The van der Waals surface area contributed by atoms with Gasteiger partial charge >= 0.3 is 5.97 Å². The number of thiol groups is 1. The van der Waals surface area contributed by atoms with Gasteiger partial charge in [0, 0.05) is 23.7 Å². The van der Waals surface area contributed by atoms with Crippen molar-refractivity contribution in [3.05, 3.63) is 64.2 Å². The van der Waals surface area contributed by atoms with Crippen LogP contribution in [0.25, 0.3) is 5.57 Å². The minimum atomic E-state index is -0.915. The van der Waals surface area contributed by atoms with Gasteiger partial charge in [0.25, 0.3) is 0 Å². The van der Waals surface area contributed by atoms with Crippen LogP contribution in [-0.4, -0.2) is 26.3 Å². The van der Waals surface area contributed by atoms with E-state index in [2.05, 4.69) is 24.5 Å². The van der Waals surface area contributed by atoms with Crippen molar-refractivity contribution in [1.29, 1.82) is 0 Å². The summed E-state index contributed by atoms with van der Waals surface area (Å²) in [4.78, 5) is 17.9. The number of allylic oxidation sites excluding steroid dienone is 5. The van der Waals surface area contributed by atoms with Gasteiger partial charge in [-0.2, -0.15) is 0 Å². The first-order chi connectivity index (χ1) is 12.4. The average molecular weight is 367 g/mol. The monoisotopic (exact) mass is 367 g/mol. The lowest BCUT2D eigenvalue weighted by Gasteiger charge is -2.38. The van der Waals surface area contributed by atoms with Crippen LogP contribution in [0.4, 0.5) is 5.82 Å². The second-order valence-corrected chi connectivity index (χ2v) is 7.53. The SMILES string of the molecule is CC1=C(c2cnc(N)c(C)c2)C=CN2C1=C(C1CC1)C=C(C(=O)O)C2S. The van der Waals surface area contributed by atoms with Crippen molar-refractivity contribution < 1.29 is 9.90 Å². The molecule has 0 amide bonds.